The molecule has 8 heteroatoms. The molecule has 208 valence electrons. The Balaban J connectivity index is 1.37. The monoisotopic (exact) mass is 576 g/mol. The summed E-state index contributed by atoms with van der Waals surface area (Å²) >= 11 is 1.48. The van der Waals surface area contributed by atoms with Crippen molar-refractivity contribution in [3.8, 4) is 5.75 Å². The van der Waals surface area contributed by atoms with E-state index in [2.05, 4.69) is 10.3 Å². The minimum atomic E-state index is -1.29. The molecule has 2 N–H and O–H groups in total. The summed E-state index contributed by atoms with van der Waals surface area (Å²) < 4.78 is 21.3. The molecule has 42 heavy (non-hydrogen) atoms. The van der Waals surface area contributed by atoms with Crippen molar-refractivity contribution in [3.05, 3.63) is 143 Å². The number of hydrogen-bond donors (Lipinski definition) is 2. The van der Waals surface area contributed by atoms with Crippen molar-refractivity contribution < 1.29 is 23.8 Å². The zero-order chi connectivity index (χ0) is 29.1. The van der Waals surface area contributed by atoms with Crippen LogP contribution >= 0.6 is 11.3 Å². The first-order valence-corrected chi connectivity index (χ1v) is 14.1. The number of halogens is 1. The van der Waals surface area contributed by atoms with Crippen molar-refractivity contribution in [2.75, 3.05) is 0 Å². The van der Waals surface area contributed by atoms with Crippen LogP contribution in [0.3, 0.4) is 0 Å². The summed E-state index contributed by atoms with van der Waals surface area (Å²) in [4.78, 5) is 31.2. The van der Waals surface area contributed by atoms with Gasteiger partial charge in [0.2, 0.25) is 0 Å². The largest absolute Gasteiger partial charge is 0.485 e. The number of carbonyl (C=O) groups excluding carboxylic acids is 1. The maximum Gasteiger partial charge on any atom is 0.327 e. The molecule has 6 nitrogen and oxygen atoms in total. The highest BCUT2D eigenvalue weighted by atomic mass is 32.1. The molecule has 0 saturated carbocycles. The average Bonchev–Trinajstić information content (AvgIpc) is 3.43. The third-order valence-electron chi connectivity index (χ3n) is 7.06. The van der Waals surface area contributed by atoms with Crippen molar-refractivity contribution in [2.24, 2.45) is 0 Å². The second kappa shape index (κ2) is 11.8. The molecule has 1 atom stereocenters. The van der Waals surface area contributed by atoms with Gasteiger partial charge in [-0.15, -0.1) is 11.3 Å². The van der Waals surface area contributed by atoms with Crippen LogP contribution in [0.25, 0.3) is 21.0 Å². The fourth-order valence-corrected chi connectivity index (χ4v) is 6.01. The summed E-state index contributed by atoms with van der Waals surface area (Å²) in [5.41, 5.74) is 2.48. The van der Waals surface area contributed by atoms with E-state index < -0.39 is 29.7 Å². The van der Waals surface area contributed by atoms with Gasteiger partial charge in [0.15, 0.2) is 0 Å². The first-order valence-electron chi connectivity index (χ1n) is 13.3. The van der Waals surface area contributed by atoms with Crippen LogP contribution < -0.4 is 10.1 Å². The van der Waals surface area contributed by atoms with Crippen molar-refractivity contribution >= 4 is 44.2 Å². The van der Waals surface area contributed by atoms with Crippen LogP contribution in [0, 0.1) is 5.82 Å². The number of para-hydroxylation sites is 1. The van der Waals surface area contributed by atoms with Gasteiger partial charge in [-0.1, -0.05) is 78.9 Å². The number of nitrogens with one attached hydrogen (secondary N) is 1. The van der Waals surface area contributed by atoms with E-state index in [1.165, 1.54) is 29.5 Å². The lowest BCUT2D eigenvalue weighted by molar-refractivity contribution is -0.139. The van der Waals surface area contributed by atoms with Crippen LogP contribution in [0.4, 0.5) is 4.39 Å². The lowest BCUT2D eigenvalue weighted by Gasteiger charge is -2.26. The zero-order valence-electron chi connectivity index (χ0n) is 22.2. The summed E-state index contributed by atoms with van der Waals surface area (Å²) in [5, 5.41) is 14.9. The van der Waals surface area contributed by atoms with Crippen LogP contribution in [-0.2, 0) is 11.4 Å². The van der Waals surface area contributed by atoms with Gasteiger partial charge in [-0.3, -0.25) is 4.79 Å². The Labute approximate surface area is 245 Å². The number of aliphatic carboxylic acids is 1. The first-order chi connectivity index (χ1) is 20.5. The van der Waals surface area contributed by atoms with Gasteiger partial charge in [-0.05, 0) is 52.9 Å². The highest BCUT2D eigenvalue weighted by Crippen LogP contribution is 2.34. The van der Waals surface area contributed by atoms with Gasteiger partial charge in [0.25, 0.3) is 5.91 Å². The summed E-state index contributed by atoms with van der Waals surface area (Å²) in [6, 6.07) is 32.2. The third-order valence-corrected chi connectivity index (χ3v) is 8.07. The Morgan fingerprint density at radius 3 is 2.19 bits per heavy atom. The van der Waals surface area contributed by atoms with Crippen LogP contribution in [-0.4, -0.2) is 28.0 Å². The Hall–Kier alpha value is -5.08. The van der Waals surface area contributed by atoms with E-state index in [1.807, 2.05) is 84.9 Å². The number of hydrogen-bond acceptors (Lipinski definition) is 5. The standard InChI is InChI=1S/C34H25FN2O4S/c35-24-16-18-25-23(19-24)15-17-26(32(25)41-20-29-36-27-13-7-8-14-28(27)42-29)33(38)37-31(34(39)40)30(21-9-3-1-4-10-21)22-11-5-2-6-12-22/h1-19,30-31H,20H2,(H,37,38)(H,39,40)/t31-/m0/s1. The minimum absolute atomic E-state index is 0.0785. The van der Waals surface area contributed by atoms with Crippen LogP contribution in [0.1, 0.15) is 32.4 Å². The highest BCUT2D eigenvalue weighted by molar-refractivity contribution is 7.18. The molecule has 5 aromatic carbocycles. The third kappa shape index (κ3) is 5.57. The molecule has 0 fully saturated rings. The number of amides is 1. The number of thiazole rings is 1. The van der Waals surface area contributed by atoms with Crippen molar-refractivity contribution in [3.63, 3.8) is 0 Å². The number of rotatable bonds is 9. The number of carboxylic acid groups (broad SMARTS) is 1. The van der Waals surface area contributed by atoms with Crippen LogP contribution in [0.5, 0.6) is 5.75 Å². The molecule has 1 aromatic heterocycles. The molecular weight excluding hydrogens is 551 g/mol. The number of carbonyl (C=O) groups is 2. The van der Waals surface area contributed by atoms with Gasteiger partial charge >= 0.3 is 5.97 Å². The summed E-state index contributed by atoms with van der Waals surface area (Å²) in [6.45, 7) is 0.0785. The Bertz CT molecular complexity index is 1820. The molecule has 0 aliphatic rings. The average molecular weight is 577 g/mol. The van der Waals surface area contributed by atoms with Gasteiger partial charge < -0.3 is 15.2 Å². The van der Waals surface area contributed by atoms with E-state index in [-0.39, 0.29) is 17.9 Å². The lowest BCUT2D eigenvalue weighted by atomic mass is 9.84. The van der Waals surface area contributed by atoms with Gasteiger partial charge in [0, 0.05) is 11.3 Å². The quantitative estimate of drug-likeness (QED) is 0.190. The van der Waals surface area contributed by atoms with Crippen molar-refractivity contribution in [2.45, 2.75) is 18.6 Å². The molecule has 0 radical (unpaired) electrons. The number of carboxylic acids is 1. The predicted molar refractivity (Wildman–Crippen MR) is 161 cm³/mol. The van der Waals surface area contributed by atoms with Gasteiger partial charge in [0.1, 0.15) is 29.2 Å². The maximum absolute atomic E-state index is 14.1. The van der Waals surface area contributed by atoms with Gasteiger partial charge in [0.05, 0.1) is 15.8 Å². The molecule has 0 bridgehead atoms. The van der Waals surface area contributed by atoms with Crippen LogP contribution in [0.2, 0.25) is 0 Å². The van der Waals surface area contributed by atoms with E-state index in [1.54, 1.807) is 12.1 Å². The molecule has 0 unspecified atom stereocenters. The number of aromatic nitrogens is 1. The molecular formula is C34H25FN2O4S. The lowest BCUT2D eigenvalue weighted by Crippen LogP contribution is -2.45. The van der Waals surface area contributed by atoms with E-state index in [0.29, 0.717) is 15.8 Å². The topological polar surface area (TPSA) is 88.5 Å². The predicted octanol–water partition coefficient (Wildman–Crippen LogP) is 7.18. The Morgan fingerprint density at radius 1 is 0.857 bits per heavy atom. The fraction of sp³-hybridized carbons (Fsp3) is 0.0882. The molecule has 1 amide bonds. The van der Waals surface area contributed by atoms with Crippen molar-refractivity contribution in [1.82, 2.24) is 10.3 Å². The second-order valence-corrected chi connectivity index (χ2v) is 10.9. The number of nitrogens with zero attached hydrogens (tertiary/aromatic N) is 1. The smallest absolute Gasteiger partial charge is 0.327 e. The number of benzene rings is 5. The Morgan fingerprint density at radius 2 is 1.52 bits per heavy atom. The van der Waals surface area contributed by atoms with Crippen molar-refractivity contribution in [1.29, 1.82) is 0 Å². The molecule has 0 saturated heterocycles. The van der Waals surface area contributed by atoms with E-state index in [0.717, 1.165) is 21.3 Å². The fourth-order valence-electron chi connectivity index (χ4n) is 5.13. The summed E-state index contributed by atoms with van der Waals surface area (Å²) in [6.07, 6.45) is 0. The summed E-state index contributed by atoms with van der Waals surface area (Å²) in [7, 11) is 0. The maximum atomic E-state index is 14.1. The minimum Gasteiger partial charge on any atom is -0.485 e. The zero-order valence-corrected chi connectivity index (χ0v) is 23.1. The SMILES string of the molecule is O=C(N[C@H](C(=O)O)C(c1ccccc1)c1ccccc1)c1ccc2cc(F)ccc2c1OCc1nc2ccccc2s1. The van der Waals surface area contributed by atoms with Crippen LogP contribution in [0.15, 0.2) is 115 Å². The highest BCUT2D eigenvalue weighted by Gasteiger charge is 2.33. The van der Waals surface area contributed by atoms with E-state index in [9.17, 15) is 19.1 Å². The van der Waals surface area contributed by atoms with E-state index in [4.69, 9.17) is 4.74 Å². The van der Waals surface area contributed by atoms with E-state index >= 15 is 0 Å². The second-order valence-electron chi connectivity index (χ2n) is 9.76. The molecule has 1 heterocycles. The molecule has 0 aliphatic heterocycles. The van der Waals surface area contributed by atoms with Gasteiger partial charge in [-0.2, -0.15) is 0 Å². The molecule has 6 rings (SSSR count). The molecule has 0 spiro atoms. The molecule has 0 aliphatic carbocycles. The van der Waals surface area contributed by atoms with Gasteiger partial charge in [-0.25, -0.2) is 14.2 Å². The first kappa shape index (κ1) is 27.1. The normalized spacial score (nSPS) is 12.0. The molecule has 6 aromatic rings. The summed E-state index contributed by atoms with van der Waals surface area (Å²) in [5.74, 6) is -2.65. The number of ether oxygens (including phenoxy) is 1. The number of fused-ring (bicyclic) bond motifs is 2. The Kier molecular flexibility index (Phi) is 7.62.